The van der Waals surface area contributed by atoms with Crippen molar-refractivity contribution in [2.24, 2.45) is 0 Å². The average molecular weight is 401 g/mol. The number of rotatable bonds is 7. The number of anilines is 1. The van der Waals surface area contributed by atoms with Crippen LogP contribution in [-0.4, -0.2) is 25.5 Å². The van der Waals surface area contributed by atoms with Crippen LogP contribution < -0.4 is 10.9 Å². The number of carbonyl (C=O) groups excluding carboxylic acids is 1. The first-order valence-electron chi connectivity index (χ1n) is 10.0. The number of amides is 1. The number of carbonyl (C=O) groups is 1. The molecular weight excluding hydrogens is 378 g/mol. The predicted molar refractivity (Wildman–Crippen MR) is 116 cm³/mol. The maximum atomic E-state index is 12.9. The van der Waals surface area contributed by atoms with Crippen LogP contribution in [0.25, 0.3) is 5.78 Å². The number of aromatic nitrogens is 4. The molecule has 2 N–H and O–H groups in total. The lowest BCUT2D eigenvalue weighted by atomic mass is 9.96. The van der Waals surface area contributed by atoms with Crippen molar-refractivity contribution < 1.29 is 4.79 Å². The van der Waals surface area contributed by atoms with Gasteiger partial charge in [0.25, 0.3) is 5.56 Å². The van der Waals surface area contributed by atoms with Crippen LogP contribution in [0.2, 0.25) is 0 Å². The molecule has 7 nitrogen and oxygen atoms in total. The number of nitrogens with zero attached hydrogens (tertiary/aromatic N) is 3. The fourth-order valence-corrected chi connectivity index (χ4v) is 3.50. The predicted octanol–water partition coefficient (Wildman–Crippen LogP) is 3.34. The van der Waals surface area contributed by atoms with Gasteiger partial charge in [0.2, 0.25) is 11.7 Å². The van der Waals surface area contributed by atoms with Crippen LogP contribution in [0.1, 0.15) is 36.2 Å². The zero-order valence-electron chi connectivity index (χ0n) is 16.7. The summed E-state index contributed by atoms with van der Waals surface area (Å²) in [4.78, 5) is 32.1. The van der Waals surface area contributed by atoms with Crippen molar-refractivity contribution in [3.63, 3.8) is 0 Å². The molecule has 152 valence electrons. The van der Waals surface area contributed by atoms with Crippen LogP contribution in [0.3, 0.4) is 0 Å². The van der Waals surface area contributed by atoms with Gasteiger partial charge in [0.1, 0.15) is 5.82 Å². The second-order valence-electron chi connectivity index (χ2n) is 7.13. The van der Waals surface area contributed by atoms with Crippen molar-refractivity contribution in [3.05, 3.63) is 94.0 Å². The molecule has 0 aliphatic rings. The summed E-state index contributed by atoms with van der Waals surface area (Å²) in [7, 11) is 0. The molecule has 0 fully saturated rings. The first kappa shape index (κ1) is 19.6. The summed E-state index contributed by atoms with van der Waals surface area (Å²) in [6.07, 6.45) is 2.06. The fourth-order valence-electron chi connectivity index (χ4n) is 3.50. The average Bonchev–Trinajstić information content (AvgIpc) is 3.17. The normalized spacial score (nSPS) is 12.0. The molecule has 7 heteroatoms. The summed E-state index contributed by atoms with van der Waals surface area (Å²) < 4.78 is 1.48. The van der Waals surface area contributed by atoms with Gasteiger partial charge in [-0.3, -0.25) is 14.6 Å². The van der Waals surface area contributed by atoms with Gasteiger partial charge < -0.3 is 5.32 Å². The zero-order chi connectivity index (χ0) is 20.9. The summed E-state index contributed by atoms with van der Waals surface area (Å²) >= 11 is 0. The number of aromatic amines is 1. The molecule has 0 bridgehead atoms. The highest BCUT2D eigenvalue weighted by Gasteiger charge is 2.20. The lowest BCUT2D eigenvalue weighted by Crippen LogP contribution is -2.24. The monoisotopic (exact) mass is 401 g/mol. The first-order chi connectivity index (χ1) is 14.6. The maximum Gasteiger partial charge on any atom is 0.254 e. The van der Waals surface area contributed by atoms with Crippen LogP contribution in [0, 0.1) is 0 Å². The van der Waals surface area contributed by atoms with Crippen LogP contribution >= 0.6 is 0 Å². The molecule has 0 unspecified atom stereocenters. The van der Waals surface area contributed by atoms with Crippen molar-refractivity contribution in [1.82, 2.24) is 19.6 Å². The minimum atomic E-state index is -0.340. The van der Waals surface area contributed by atoms with E-state index in [1.54, 1.807) is 0 Å². The molecule has 0 aliphatic heterocycles. The van der Waals surface area contributed by atoms with E-state index in [2.05, 4.69) is 32.5 Å². The summed E-state index contributed by atoms with van der Waals surface area (Å²) in [6, 6.07) is 21.0. The SMILES string of the molecule is CC[C@@H](C(=O)Nc1cc(=O)[nH]c2nc(CCc3ccccc3)nn12)c1ccccc1. The topological polar surface area (TPSA) is 92.1 Å². The maximum absolute atomic E-state index is 12.9. The second-order valence-corrected chi connectivity index (χ2v) is 7.13. The van der Waals surface area contributed by atoms with Crippen molar-refractivity contribution in [1.29, 1.82) is 0 Å². The molecule has 1 atom stereocenters. The summed E-state index contributed by atoms with van der Waals surface area (Å²) in [6.45, 7) is 1.96. The summed E-state index contributed by atoms with van der Waals surface area (Å²) in [5.41, 5.74) is 1.78. The molecular formula is C23H23N5O2. The first-order valence-corrected chi connectivity index (χ1v) is 10.0. The molecule has 0 spiro atoms. The van der Waals surface area contributed by atoms with Crippen LogP contribution in [0.4, 0.5) is 5.82 Å². The third-order valence-electron chi connectivity index (χ3n) is 5.04. The number of H-pyrrole nitrogens is 1. The molecule has 0 radical (unpaired) electrons. The van der Waals surface area contributed by atoms with E-state index >= 15 is 0 Å². The van der Waals surface area contributed by atoms with Gasteiger partial charge >= 0.3 is 0 Å². The Kier molecular flexibility index (Phi) is 5.70. The summed E-state index contributed by atoms with van der Waals surface area (Å²) in [5.74, 6) is 0.727. The van der Waals surface area contributed by atoms with E-state index in [1.807, 2.05) is 55.5 Å². The molecule has 2 aromatic heterocycles. The number of hydrogen-bond donors (Lipinski definition) is 2. The molecule has 0 saturated carbocycles. The Morgan fingerprint density at radius 1 is 1.07 bits per heavy atom. The number of aryl methyl sites for hydroxylation is 2. The highest BCUT2D eigenvalue weighted by atomic mass is 16.2. The second kappa shape index (κ2) is 8.73. The largest absolute Gasteiger partial charge is 0.310 e. The minimum Gasteiger partial charge on any atom is -0.310 e. The van der Waals surface area contributed by atoms with E-state index in [4.69, 9.17) is 0 Å². The van der Waals surface area contributed by atoms with Gasteiger partial charge in [-0.2, -0.15) is 9.50 Å². The van der Waals surface area contributed by atoms with E-state index in [1.165, 1.54) is 16.1 Å². The van der Waals surface area contributed by atoms with Crippen molar-refractivity contribution in [3.8, 4) is 0 Å². The Bertz CT molecular complexity index is 1200. The Balaban J connectivity index is 1.58. The van der Waals surface area contributed by atoms with Crippen molar-refractivity contribution in [2.45, 2.75) is 32.1 Å². The van der Waals surface area contributed by atoms with Gasteiger partial charge in [0.15, 0.2) is 5.82 Å². The van der Waals surface area contributed by atoms with E-state index in [0.717, 1.165) is 12.0 Å². The smallest absolute Gasteiger partial charge is 0.254 e. The quantitative estimate of drug-likeness (QED) is 0.497. The van der Waals surface area contributed by atoms with Crippen LogP contribution in [0.5, 0.6) is 0 Å². The Labute approximate surface area is 173 Å². The fraction of sp³-hybridized carbons (Fsp3) is 0.217. The van der Waals surface area contributed by atoms with Gasteiger partial charge in [0, 0.05) is 12.5 Å². The molecule has 4 rings (SSSR count). The van der Waals surface area contributed by atoms with Gasteiger partial charge in [-0.05, 0) is 24.0 Å². The molecule has 30 heavy (non-hydrogen) atoms. The van der Waals surface area contributed by atoms with Gasteiger partial charge in [0.05, 0.1) is 5.92 Å². The summed E-state index contributed by atoms with van der Waals surface area (Å²) in [5, 5.41) is 7.36. The Hall–Kier alpha value is -3.74. The van der Waals surface area contributed by atoms with Crippen molar-refractivity contribution in [2.75, 3.05) is 5.32 Å². The number of hydrogen-bond acceptors (Lipinski definition) is 4. The van der Waals surface area contributed by atoms with Gasteiger partial charge in [-0.1, -0.05) is 67.6 Å². The number of benzene rings is 2. The standard InChI is InChI=1S/C23H23N5O2/c1-2-18(17-11-7-4-8-12-17)22(30)25-20-15-21(29)26-23-24-19(27-28(20)23)14-13-16-9-5-3-6-10-16/h3-12,15,18H,2,13-14H2,1H3,(H,25,30)(H,24,26,27,29)/t18-/m1/s1. The molecule has 1 amide bonds. The molecule has 0 saturated heterocycles. The van der Waals surface area contributed by atoms with Gasteiger partial charge in [-0.15, -0.1) is 5.10 Å². The zero-order valence-corrected chi connectivity index (χ0v) is 16.7. The highest BCUT2D eigenvalue weighted by Crippen LogP contribution is 2.21. The van der Waals surface area contributed by atoms with E-state index in [9.17, 15) is 9.59 Å². The van der Waals surface area contributed by atoms with Gasteiger partial charge in [-0.25, -0.2) is 0 Å². The van der Waals surface area contributed by atoms with E-state index in [-0.39, 0.29) is 17.4 Å². The van der Waals surface area contributed by atoms with Crippen LogP contribution in [-0.2, 0) is 17.6 Å². The number of fused-ring (bicyclic) bond motifs is 1. The van der Waals surface area contributed by atoms with Crippen LogP contribution in [0.15, 0.2) is 71.5 Å². The van der Waals surface area contributed by atoms with Crippen molar-refractivity contribution >= 4 is 17.5 Å². The lowest BCUT2D eigenvalue weighted by Gasteiger charge is -2.15. The minimum absolute atomic E-state index is 0.183. The van der Waals surface area contributed by atoms with E-state index in [0.29, 0.717) is 30.3 Å². The Morgan fingerprint density at radius 2 is 1.77 bits per heavy atom. The third kappa shape index (κ3) is 4.30. The molecule has 4 aromatic rings. The molecule has 2 aromatic carbocycles. The lowest BCUT2D eigenvalue weighted by molar-refractivity contribution is -0.117. The number of nitrogens with one attached hydrogen (secondary N) is 2. The van der Waals surface area contributed by atoms with E-state index < -0.39 is 0 Å². The highest BCUT2D eigenvalue weighted by molar-refractivity contribution is 5.95. The molecule has 0 aliphatic carbocycles. The third-order valence-corrected chi connectivity index (χ3v) is 5.04. The molecule has 2 heterocycles. The Morgan fingerprint density at radius 3 is 2.47 bits per heavy atom.